The molecule has 8 heteroatoms. The van der Waals surface area contributed by atoms with Gasteiger partial charge >= 0.3 is 0 Å². The standard InChI is InChI=1S/C18H25NO2.C12H18N4O.2H2/c1-13(2)17(20)16(14-9-5-3-6-10-14)19-18(21)15-11-7-4-8-12-15;17-12(16-6-2-1-3-7-16)9-14-8-11-4-5-13-10-15-11;;/h4,7-8,11-14,16H,3,5-6,9-10H2,1-2H3,(H,19,21);4-5,10,14H,1-3,6-9H2;2*1H/t16-;;;/m1.../s1. The third-order valence-corrected chi connectivity index (χ3v) is 7.25. The van der Waals surface area contributed by atoms with Crippen LogP contribution in [-0.4, -0.2) is 58.1 Å². The Morgan fingerprint density at radius 2 is 1.66 bits per heavy atom. The zero-order chi connectivity index (χ0) is 27.2. The SMILES string of the molecule is CC(C)C(=O)[C@H](NC(=O)c1ccccc1)C1CCCCC1.O=C(CNCc1ccncn1)N1CCCCC1.[HH].[HH]. The molecular formula is C30H47N5O3. The number of amides is 2. The highest BCUT2D eigenvalue weighted by atomic mass is 16.2. The molecule has 2 N–H and O–H groups in total. The fraction of sp³-hybridized carbons (Fsp3) is 0.567. The molecule has 1 saturated heterocycles. The van der Waals surface area contributed by atoms with Crippen molar-refractivity contribution >= 4 is 17.6 Å². The summed E-state index contributed by atoms with van der Waals surface area (Å²) in [6.45, 7) is 6.65. The van der Waals surface area contributed by atoms with Crippen molar-refractivity contribution in [3.8, 4) is 0 Å². The Balaban J connectivity index is 0.000000388. The molecule has 38 heavy (non-hydrogen) atoms. The number of likely N-dealkylation sites (tertiary alicyclic amines) is 1. The molecule has 1 saturated carbocycles. The van der Waals surface area contributed by atoms with Crippen LogP contribution >= 0.6 is 0 Å². The molecule has 2 aliphatic rings. The van der Waals surface area contributed by atoms with Gasteiger partial charge in [0, 0.05) is 40.2 Å². The summed E-state index contributed by atoms with van der Waals surface area (Å²) in [6.07, 6.45) is 12.4. The van der Waals surface area contributed by atoms with Crippen LogP contribution in [0.3, 0.4) is 0 Å². The van der Waals surface area contributed by atoms with Gasteiger partial charge in [-0.1, -0.05) is 51.3 Å². The molecule has 1 aromatic carbocycles. The van der Waals surface area contributed by atoms with Gasteiger partial charge in [-0.25, -0.2) is 9.97 Å². The number of hydrogen-bond acceptors (Lipinski definition) is 6. The van der Waals surface area contributed by atoms with Crippen molar-refractivity contribution < 1.29 is 17.2 Å². The molecule has 2 aromatic rings. The second kappa shape index (κ2) is 16.0. The maximum atomic E-state index is 12.5. The van der Waals surface area contributed by atoms with Crippen LogP contribution in [0.1, 0.15) is 84.1 Å². The molecule has 1 aliphatic carbocycles. The Hall–Kier alpha value is -3.13. The van der Waals surface area contributed by atoms with E-state index in [4.69, 9.17) is 0 Å². The van der Waals surface area contributed by atoms with E-state index in [9.17, 15) is 14.4 Å². The summed E-state index contributed by atoms with van der Waals surface area (Å²) in [4.78, 5) is 46.6. The number of hydrogen-bond donors (Lipinski definition) is 2. The van der Waals surface area contributed by atoms with Crippen molar-refractivity contribution in [3.05, 3.63) is 60.2 Å². The van der Waals surface area contributed by atoms with Gasteiger partial charge in [-0.15, -0.1) is 0 Å². The van der Waals surface area contributed by atoms with E-state index in [1.54, 1.807) is 18.3 Å². The molecular weight excluding hydrogens is 478 g/mol. The fourth-order valence-corrected chi connectivity index (χ4v) is 5.04. The van der Waals surface area contributed by atoms with Gasteiger partial charge in [0.25, 0.3) is 5.91 Å². The second-order valence-electron chi connectivity index (χ2n) is 10.5. The molecule has 0 spiro atoms. The lowest BCUT2D eigenvalue weighted by molar-refractivity contribution is -0.131. The van der Waals surface area contributed by atoms with Crippen LogP contribution in [0.5, 0.6) is 0 Å². The summed E-state index contributed by atoms with van der Waals surface area (Å²) in [5.74, 6) is 0.458. The molecule has 1 aromatic heterocycles. The van der Waals surface area contributed by atoms with Crippen LogP contribution in [0.4, 0.5) is 0 Å². The van der Waals surface area contributed by atoms with Crippen molar-refractivity contribution in [1.29, 1.82) is 0 Å². The molecule has 2 fully saturated rings. The largest absolute Gasteiger partial charge is 0.342 e. The average molecular weight is 526 g/mol. The highest BCUT2D eigenvalue weighted by Gasteiger charge is 2.32. The quantitative estimate of drug-likeness (QED) is 0.493. The Morgan fingerprint density at radius 3 is 2.29 bits per heavy atom. The van der Waals surface area contributed by atoms with Crippen molar-refractivity contribution in [3.63, 3.8) is 0 Å². The van der Waals surface area contributed by atoms with Gasteiger partial charge in [-0.05, 0) is 56.2 Å². The highest BCUT2D eigenvalue weighted by Crippen LogP contribution is 2.28. The fourth-order valence-electron chi connectivity index (χ4n) is 5.04. The third kappa shape index (κ3) is 9.63. The van der Waals surface area contributed by atoms with Crippen LogP contribution in [0.25, 0.3) is 0 Å². The minimum absolute atomic E-state index is 0. The first-order valence-corrected chi connectivity index (χ1v) is 14.1. The normalized spacial score (nSPS) is 16.8. The van der Waals surface area contributed by atoms with E-state index in [1.807, 2.05) is 43.0 Å². The molecule has 0 radical (unpaired) electrons. The van der Waals surface area contributed by atoms with E-state index in [0.29, 0.717) is 24.6 Å². The van der Waals surface area contributed by atoms with E-state index in [2.05, 4.69) is 20.6 Å². The van der Waals surface area contributed by atoms with Gasteiger partial charge in [0.05, 0.1) is 18.3 Å². The van der Waals surface area contributed by atoms with Crippen LogP contribution in [-0.2, 0) is 16.1 Å². The molecule has 2 amide bonds. The number of nitrogens with zero attached hydrogens (tertiary/aromatic N) is 3. The lowest BCUT2D eigenvalue weighted by Gasteiger charge is -2.31. The number of carbonyl (C=O) groups is 3. The Morgan fingerprint density at radius 1 is 0.974 bits per heavy atom. The van der Waals surface area contributed by atoms with E-state index in [-0.39, 0.29) is 32.4 Å². The van der Waals surface area contributed by atoms with Crippen LogP contribution < -0.4 is 10.6 Å². The summed E-state index contributed by atoms with van der Waals surface area (Å²) in [5, 5.41) is 6.11. The molecule has 210 valence electrons. The summed E-state index contributed by atoms with van der Waals surface area (Å²) >= 11 is 0. The van der Waals surface area contributed by atoms with E-state index in [1.165, 1.54) is 19.2 Å². The number of benzene rings is 1. The van der Waals surface area contributed by atoms with Crippen molar-refractivity contribution in [1.82, 2.24) is 25.5 Å². The number of nitrogens with one attached hydrogen (secondary N) is 2. The minimum Gasteiger partial charge on any atom is -0.342 e. The topological polar surface area (TPSA) is 104 Å². The van der Waals surface area contributed by atoms with Crippen LogP contribution in [0, 0.1) is 11.8 Å². The summed E-state index contributed by atoms with van der Waals surface area (Å²) in [5.41, 5.74) is 1.53. The number of rotatable bonds is 9. The lowest BCUT2D eigenvalue weighted by Crippen LogP contribution is -2.48. The number of carbonyl (C=O) groups excluding carboxylic acids is 3. The number of aromatic nitrogens is 2. The van der Waals surface area contributed by atoms with E-state index in [0.717, 1.165) is 57.3 Å². The summed E-state index contributed by atoms with van der Waals surface area (Å²) in [6, 6.07) is 10.6. The Bertz CT molecular complexity index is 999. The number of ketones is 1. The van der Waals surface area contributed by atoms with Crippen molar-refractivity contribution in [2.45, 2.75) is 77.8 Å². The molecule has 1 atom stereocenters. The maximum Gasteiger partial charge on any atom is 0.251 e. The molecule has 8 nitrogen and oxygen atoms in total. The van der Waals surface area contributed by atoms with Crippen molar-refractivity contribution in [2.24, 2.45) is 11.8 Å². The number of piperidine rings is 1. The zero-order valence-corrected chi connectivity index (χ0v) is 22.9. The molecule has 2 heterocycles. The summed E-state index contributed by atoms with van der Waals surface area (Å²) < 4.78 is 0. The molecule has 0 bridgehead atoms. The number of Topliss-reactive ketones (excluding diaryl/α,β-unsaturated/α-hetero) is 1. The monoisotopic (exact) mass is 525 g/mol. The van der Waals surface area contributed by atoms with Gasteiger partial charge in [0.2, 0.25) is 5.91 Å². The van der Waals surface area contributed by atoms with E-state index < -0.39 is 0 Å². The predicted molar refractivity (Wildman–Crippen MR) is 153 cm³/mol. The van der Waals surface area contributed by atoms with Gasteiger partial charge in [0.1, 0.15) is 6.33 Å². The molecule has 4 rings (SSSR count). The first-order valence-electron chi connectivity index (χ1n) is 14.1. The van der Waals surface area contributed by atoms with Gasteiger partial charge < -0.3 is 15.5 Å². The maximum absolute atomic E-state index is 12.5. The minimum atomic E-state index is -0.335. The smallest absolute Gasteiger partial charge is 0.251 e. The van der Waals surface area contributed by atoms with Crippen LogP contribution in [0.15, 0.2) is 48.9 Å². The van der Waals surface area contributed by atoms with Crippen molar-refractivity contribution in [2.75, 3.05) is 19.6 Å². The van der Waals surface area contributed by atoms with E-state index >= 15 is 0 Å². The average Bonchev–Trinajstić information content (AvgIpc) is 2.97. The van der Waals surface area contributed by atoms with Gasteiger partial charge in [-0.2, -0.15) is 0 Å². The third-order valence-electron chi connectivity index (χ3n) is 7.25. The Kier molecular flexibility index (Phi) is 12.4. The van der Waals surface area contributed by atoms with Crippen LogP contribution in [0.2, 0.25) is 0 Å². The van der Waals surface area contributed by atoms with Gasteiger partial charge in [0.15, 0.2) is 5.78 Å². The predicted octanol–water partition coefficient (Wildman–Crippen LogP) is 4.66. The second-order valence-corrected chi connectivity index (χ2v) is 10.5. The molecule has 0 unspecified atom stereocenters. The first kappa shape index (κ1) is 29.4. The lowest BCUT2D eigenvalue weighted by atomic mass is 9.80. The summed E-state index contributed by atoms with van der Waals surface area (Å²) in [7, 11) is 0. The Labute approximate surface area is 230 Å². The first-order chi connectivity index (χ1) is 18.5. The highest BCUT2D eigenvalue weighted by molar-refractivity contribution is 5.98. The zero-order valence-electron chi connectivity index (χ0n) is 22.9. The molecule has 1 aliphatic heterocycles. The van der Waals surface area contributed by atoms with Gasteiger partial charge in [-0.3, -0.25) is 14.4 Å².